The van der Waals surface area contributed by atoms with Crippen LogP contribution in [0.25, 0.3) is 0 Å². The van der Waals surface area contributed by atoms with Crippen LogP contribution in [0.5, 0.6) is 5.75 Å². The molecule has 4 amide bonds. The fourth-order valence-electron chi connectivity index (χ4n) is 4.30. The maximum atomic E-state index is 13.7. The number of phenols is 1. The first-order valence-corrected chi connectivity index (χ1v) is 14.9. The molecule has 0 radical (unpaired) electrons. The number of amides is 4. The summed E-state index contributed by atoms with van der Waals surface area (Å²) >= 11 is 0. The SMILES string of the molecule is C=C[C@@H]1CC1(NC(=O)[C@@H](NC(=O)[C@@H](NC(=O)OC(C)(C)C)C(C)(C)C)c1ccc(O)cc1)C(=O)NS(=O)(=O)C1CC1. The zero-order chi connectivity index (χ0) is 31.0. The number of hydrogen-bond acceptors (Lipinski definition) is 8. The van der Waals surface area contributed by atoms with Crippen LogP contribution in [0.1, 0.15) is 72.4 Å². The van der Waals surface area contributed by atoms with Crippen molar-refractivity contribution < 1.29 is 37.4 Å². The van der Waals surface area contributed by atoms with Crippen molar-refractivity contribution in [1.82, 2.24) is 20.7 Å². The molecule has 41 heavy (non-hydrogen) atoms. The van der Waals surface area contributed by atoms with Crippen molar-refractivity contribution >= 4 is 33.8 Å². The first-order chi connectivity index (χ1) is 18.8. The Morgan fingerprint density at radius 2 is 1.61 bits per heavy atom. The summed E-state index contributed by atoms with van der Waals surface area (Å²) in [5.74, 6) is -2.99. The smallest absolute Gasteiger partial charge is 0.408 e. The highest BCUT2D eigenvalue weighted by atomic mass is 32.2. The Balaban J connectivity index is 1.88. The minimum Gasteiger partial charge on any atom is -0.508 e. The fourth-order valence-corrected chi connectivity index (χ4v) is 5.67. The molecular formula is C28H40N4O8S. The van der Waals surface area contributed by atoms with Crippen LogP contribution in [-0.4, -0.2) is 59.8 Å². The molecule has 2 saturated carbocycles. The second-order valence-electron chi connectivity index (χ2n) is 12.7. The van der Waals surface area contributed by atoms with E-state index < -0.39 is 73.6 Å². The van der Waals surface area contributed by atoms with Crippen LogP contribution in [0.3, 0.4) is 0 Å². The Bertz CT molecular complexity index is 1310. The van der Waals surface area contributed by atoms with Crippen molar-refractivity contribution in [2.24, 2.45) is 11.3 Å². The molecule has 13 heteroatoms. The van der Waals surface area contributed by atoms with E-state index in [-0.39, 0.29) is 17.7 Å². The van der Waals surface area contributed by atoms with Gasteiger partial charge in [0, 0.05) is 5.92 Å². The summed E-state index contributed by atoms with van der Waals surface area (Å²) in [5, 5.41) is 17.0. The number of ether oxygens (including phenoxy) is 1. The molecule has 0 heterocycles. The average Bonchev–Trinajstić information content (AvgIpc) is 3.74. The minimum absolute atomic E-state index is 0.0755. The Morgan fingerprint density at radius 3 is 2.07 bits per heavy atom. The lowest BCUT2D eigenvalue weighted by Crippen LogP contribution is -2.58. The van der Waals surface area contributed by atoms with Gasteiger partial charge in [-0.05, 0) is 63.1 Å². The monoisotopic (exact) mass is 592 g/mol. The molecule has 12 nitrogen and oxygen atoms in total. The zero-order valence-electron chi connectivity index (χ0n) is 24.2. The summed E-state index contributed by atoms with van der Waals surface area (Å²) in [6.07, 6.45) is 1.66. The van der Waals surface area contributed by atoms with Gasteiger partial charge in [-0.1, -0.05) is 39.0 Å². The quantitative estimate of drug-likeness (QED) is 0.256. The number of carbonyl (C=O) groups is 4. The van der Waals surface area contributed by atoms with E-state index in [1.807, 2.05) is 0 Å². The summed E-state index contributed by atoms with van der Waals surface area (Å²) < 4.78 is 32.3. The van der Waals surface area contributed by atoms with Gasteiger partial charge >= 0.3 is 6.09 Å². The molecule has 0 saturated heterocycles. The molecule has 0 bridgehead atoms. The molecule has 3 rings (SSSR count). The molecule has 1 unspecified atom stereocenters. The number of aromatic hydroxyl groups is 1. The fraction of sp³-hybridized carbons (Fsp3) is 0.571. The van der Waals surface area contributed by atoms with Crippen LogP contribution in [-0.2, 0) is 29.1 Å². The lowest BCUT2D eigenvalue weighted by atomic mass is 9.86. The molecule has 5 N–H and O–H groups in total. The topological polar surface area (TPSA) is 180 Å². The normalized spacial score (nSPS) is 22.0. The van der Waals surface area contributed by atoms with Crippen LogP contribution < -0.4 is 20.7 Å². The zero-order valence-corrected chi connectivity index (χ0v) is 25.1. The van der Waals surface area contributed by atoms with Crippen LogP contribution in [0.15, 0.2) is 36.9 Å². The van der Waals surface area contributed by atoms with E-state index in [1.54, 1.807) is 41.5 Å². The van der Waals surface area contributed by atoms with Gasteiger partial charge in [-0.15, -0.1) is 6.58 Å². The van der Waals surface area contributed by atoms with Crippen molar-refractivity contribution in [3.63, 3.8) is 0 Å². The number of rotatable bonds is 10. The van der Waals surface area contributed by atoms with Crippen molar-refractivity contribution in [3.05, 3.63) is 42.5 Å². The second kappa shape index (κ2) is 11.3. The Labute approximate surface area is 240 Å². The number of phenolic OH excluding ortho intramolecular Hbond substituents is 1. The summed E-state index contributed by atoms with van der Waals surface area (Å²) in [5.41, 5.74) is -2.92. The van der Waals surface area contributed by atoms with Crippen molar-refractivity contribution in [2.45, 2.75) is 89.3 Å². The van der Waals surface area contributed by atoms with E-state index in [4.69, 9.17) is 4.74 Å². The molecule has 2 fully saturated rings. The molecule has 1 aromatic rings. The molecule has 4 atom stereocenters. The van der Waals surface area contributed by atoms with Crippen LogP contribution in [0.2, 0.25) is 0 Å². The van der Waals surface area contributed by atoms with Crippen LogP contribution >= 0.6 is 0 Å². The lowest BCUT2D eigenvalue weighted by Gasteiger charge is -2.33. The highest BCUT2D eigenvalue weighted by molar-refractivity contribution is 7.91. The number of sulfonamides is 1. The molecule has 226 valence electrons. The Kier molecular flexibility index (Phi) is 8.83. The molecule has 2 aliphatic carbocycles. The number of hydrogen-bond donors (Lipinski definition) is 5. The summed E-state index contributed by atoms with van der Waals surface area (Å²) in [6.45, 7) is 13.9. The summed E-state index contributed by atoms with van der Waals surface area (Å²) in [4.78, 5) is 53.0. The maximum Gasteiger partial charge on any atom is 0.408 e. The first kappa shape index (κ1) is 31.9. The number of nitrogens with one attached hydrogen (secondary N) is 4. The standard InChI is InChI=1S/C28H40N4O8S/c1-8-17-15-28(17,24(36)32-41(38,39)19-13-14-19)31-22(34)20(16-9-11-18(33)12-10-16)29-23(35)21(26(2,3)4)30-25(37)40-27(5,6)7/h8-12,17,19-21,33H,1,13-15H2,2-7H3,(H,29,35)(H,30,37)(H,31,34)(H,32,36)/t17-,20+,21-,28?/m1/s1. The van der Waals surface area contributed by atoms with E-state index in [0.29, 0.717) is 12.8 Å². The van der Waals surface area contributed by atoms with E-state index >= 15 is 0 Å². The molecule has 0 spiro atoms. The van der Waals surface area contributed by atoms with Crippen LogP contribution in [0, 0.1) is 11.3 Å². The van der Waals surface area contributed by atoms with Crippen molar-refractivity contribution in [3.8, 4) is 5.75 Å². The Hall–Kier alpha value is -3.61. The van der Waals surface area contributed by atoms with Gasteiger partial charge < -0.3 is 25.8 Å². The van der Waals surface area contributed by atoms with Gasteiger partial charge in [0.2, 0.25) is 21.8 Å². The summed E-state index contributed by atoms with van der Waals surface area (Å²) in [6, 6.07) is 3.01. The van der Waals surface area contributed by atoms with Gasteiger partial charge in [0.15, 0.2) is 0 Å². The number of carbonyl (C=O) groups excluding carboxylic acids is 4. The third-order valence-corrected chi connectivity index (χ3v) is 8.63. The predicted octanol–water partition coefficient (Wildman–Crippen LogP) is 2.16. The van der Waals surface area contributed by atoms with Gasteiger partial charge in [0.05, 0.1) is 5.25 Å². The molecule has 0 aliphatic heterocycles. The third-order valence-electron chi connectivity index (χ3n) is 6.81. The number of alkyl carbamates (subject to hydrolysis) is 1. The van der Waals surface area contributed by atoms with E-state index in [0.717, 1.165) is 0 Å². The second-order valence-corrected chi connectivity index (χ2v) is 14.6. The lowest BCUT2D eigenvalue weighted by molar-refractivity contribution is -0.134. The van der Waals surface area contributed by atoms with Crippen LogP contribution in [0.4, 0.5) is 4.79 Å². The Morgan fingerprint density at radius 1 is 1.02 bits per heavy atom. The highest BCUT2D eigenvalue weighted by Crippen LogP contribution is 2.45. The molecular weight excluding hydrogens is 552 g/mol. The van der Waals surface area contributed by atoms with E-state index in [2.05, 4.69) is 27.3 Å². The first-order valence-electron chi connectivity index (χ1n) is 13.4. The molecule has 1 aromatic carbocycles. The van der Waals surface area contributed by atoms with Crippen molar-refractivity contribution in [1.29, 1.82) is 0 Å². The minimum atomic E-state index is -3.88. The third kappa shape index (κ3) is 7.99. The highest BCUT2D eigenvalue weighted by Gasteiger charge is 2.61. The van der Waals surface area contributed by atoms with E-state index in [9.17, 15) is 32.7 Å². The van der Waals surface area contributed by atoms with Gasteiger partial charge in [-0.2, -0.15) is 0 Å². The van der Waals surface area contributed by atoms with Gasteiger partial charge in [0.1, 0.15) is 29.0 Å². The summed E-state index contributed by atoms with van der Waals surface area (Å²) in [7, 11) is -3.88. The predicted molar refractivity (Wildman–Crippen MR) is 151 cm³/mol. The van der Waals surface area contributed by atoms with Gasteiger partial charge in [-0.3, -0.25) is 19.1 Å². The van der Waals surface area contributed by atoms with E-state index in [1.165, 1.54) is 30.3 Å². The average molecular weight is 593 g/mol. The maximum absolute atomic E-state index is 13.7. The van der Waals surface area contributed by atoms with Crippen molar-refractivity contribution in [2.75, 3.05) is 0 Å². The number of benzene rings is 1. The van der Waals surface area contributed by atoms with Gasteiger partial charge in [-0.25, -0.2) is 13.2 Å². The van der Waals surface area contributed by atoms with Gasteiger partial charge in [0.25, 0.3) is 5.91 Å². The molecule has 2 aliphatic rings. The largest absolute Gasteiger partial charge is 0.508 e. The molecule has 0 aromatic heterocycles.